The number of benzene rings is 1. The molecule has 0 atom stereocenters. The van der Waals surface area contributed by atoms with Crippen molar-refractivity contribution in [1.82, 2.24) is 0 Å². The summed E-state index contributed by atoms with van der Waals surface area (Å²) in [6.07, 6.45) is 0. The minimum atomic E-state index is -1.23. The third-order valence-electron chi connectivity index (χ3n) is 1.39. The van der Waals surface area contributed by atoms with Crippen LogP contribution in [0, 0.1) is 0 Å². The molecule has 0 fully saturated rings. The minimum absolute atomic E-state index is 0.190. The first-order valence-electron chi connectivity index (χ1n) is 3.68. The molecule has 0 amide bonds. The molecule has 4 nitrogen and oxygen atoms in total. The van der Waals surface area contributed by atoms with Crippen LogP contribution >= 0.6 is 0 Å². The second-order valence-corrected chi connectivity index (χ2v) is 2.16. The van der Waals surface area contributed by atoms with E-state index in [0.29, 0.717) is 0 Å². The molecule has 1 rings (SSSR count). The molecule has 0 radical (unpaired) electrons. The van der Waals surface area contributed by atoms with E-state index >= 15 is 0 Å². The van der Waals surface area contributed by atoms with Gasteiger partial charge in [0, 0.05) is 0 Å². The monoisotopic (exact) mass is 194 g/mol. The summed E-state index contributed by atoms with van der Waals surface area (Å²) in [6, 6.07) is 5.48. The Morgan fingerprint density at radius 3 is 1.43 bits per heavy atom. The van der Waals surface area contributed by atoms with E-state index in [9.17, 15) is 9.59 Å². The van der Waals surface area contributed by atoms with E-state index in [0.717, 1.165) is 0 Å². The molecule has 1 aromatic rings. The van der Waals surface area contributed by atoms with Gasteiger partial charge < -0.3 is 10.2 Å². The van der Waals surface area contributed by atoms with Gasteiger partial charge in [-0.05, 0) is 12.1 Å². The lowest BCUT2D eigenvalue weighted by Crippen LogP contribution is -2.06. The minimum Gasteiger partial charge on any atom is -0.478 e. The Hall–Kier alpha value is -2.10. The van der Waals surface area contributed by atoms with Gasteiger partial charge in [0.25, 0.3) is 0 Å². The first-order valence-corrected chi connectivity index (χ1v) is 3.68. The number of rotatable bonds is 2. The molecule has 74 valence electrons. The average molecular weight is 194 g/mol. The molecule has 0 heterocycles. The summed E-state index contributed by atoms with van der Waals surface area (Å²) in [4.78, 5) is 20.9. The molecule has 0 saturated heterocycles. The molecule has 0 saturated carbocycles. The van der Waals surface area contributed by atoms with Crippen molar-refractivity contribution >= 4 is 11.9 Å². The fraction of sp³-hybridized carbons (Fsp3) is 0. The molecule has 0 unspecified atom stereocenters. The molecule has 0 spiro atoms. The normalized spacial score (nSPS) is 8.29. The van der Waals surface area contributed by atoms with Gasteiger partial charge in [0.2, 0.25) is 0 Å². The summed E-state index contributed by atoms with van der Waals surface area (Å²) in [5, 5.41) is 17.1. The lowest BCUT2D eigenvalue weighted by Gasteiger charge is -1.98. The third-order valence-corrected chi connectivity index (χ3v) is 1.39. The zero-order valence-electron chi connectivity index (χ0n) is 7.43. The average Bonchev–Trinajstić information content (AvgIpc) is 2.20. The van der Waals surface area contributed by atoms with E-state index < -0.39 is 11.9 Å². The Morgan fingerprint density at radius 2 is 1.21 bits per heavy atom. The van der Waals surface area contributed by atoms with Crippen LogP contribution in [0.5, 0.6) is 0 Å². The lowest BCUT2D eigenvalue weighted by atomic mass is 10.1. The van der Waals surface area contributed by atoms with Crippen LogP contribution in [-0.4, -0.2) is 22.2 Å². The Morgan fingerprint density at radius 1 is 0.929 bits per heavy atom. The van der Waals surface area contributed by atoms with Gasteiger partial charge in [0.05, 0.1) is 11.1 Å². The first kappa shape index (κ1) is 11.9. The number of carboxylic acid groups (broad SMARTS) is 2. The maximum absolute atomic E-state index is 10.5. The summed E-state index contributed by atoms with van der Waals surface area (Å²) in [5.74, 6) is -2.46. The zero-order valence-corrected chi connectivity index (χ0v) is 7.43. The molecular weight excluding hydrogens is 184 g/mol. The third kappa shape index (κ3) is 2.75. The van der Waals surface area contributed by atoms with Gasteiger partial charge in [-0.2, -0.15) is 0 Å². The molecule has 1 aromatic carbocycles. The van der Waals surface area contributed by atoms with E-state index in [2.05, 4.69) is 13.2 Å². The van der Waals surface area contributed by atoms with Crippen LogP contribution in [0.15, 0.2) is 37.4 Å². The van der Waals surface area contributed by atoms with E-state index in [1.165, 1.54) is 24.3 Å². The van der Waals surface area contributed by atoms with Gasteiger partial charge in [0.1, 0.15) is 0 Å². The van der Waals surface area contributed by atoms with E-state index in [1.54, 1.807) is 0 Å². The predicted molar refractivity (Wildman–Crippen MR) is 51.6 cm³/mol. The van der Waals surface area contributed by atoms with Crippen molar-refractivity contribution in [3.8, 4) is 0 Å². The van der Waals surface area contributed by atoms with Crippen LogP contribution in [0.2, 0.25) is 0 Å². The summed E-state index contributed by atoms with van der Waals surface area (Å²) >= 11 is 0. The van der Waals surface area contributed by atoms with Gasteiger partial charge in [-0.25, -0.2) is 9.59 Å². The lowest BCUT2D eigenvalue weighted by molar-refractivity contribution is 0.0651. The molecule has 14 heavy (non-hydrogen) atoms. The zero-order chi connectivity index (χ0) is 11.1. The molecule has 2 N–H and O–H groups in total. The van der Waals surface area contributed by atoms with Crippen molar-refractivity contribution in [2.75, 3.05) is 0 Å². The van der Waals surface area contributed by atoms with Crippen LogP contribution in [0.1, 0.15) is 20.7 Å². The first-order chi connectivity index (χ1) is 6.63. The van der Waals surface area contributed by atoms with Crippen molar-refractivity contribution < 1.29 is 19.8 Å². The van der Waals surface area contributed by atoms with Crippen LogP contribution < -0.4 is 0 Å². The van der Waals surface area contributed by atoms with Crippen LogP contribution in [0.3, 0.4) is 0 Å². The second-order valence-electron chi connectivity index (χ2n) is 2.16. The Balaban J connectivity index is 0.000000791. The van der Waals surface area contributed by atoms with Gasteiger partial charge in [-0.3, -0.25) is 0 Å². The quantitative estimate of drug-likeness (QED) is 0.705. The Labute approximate surface area is 81.1 Å². The molecule has 0 bridgehead atoms. The van der Waals surface area contributed by atoms with Crippen molar-refractivity contribution in [3.63, 3.8) is 0 Å². The van der Waals surface area contributed by atoms with Gasteiger partial charge in [-0.1, -0.05) is 12.1 Å². The summed E-state index contributed by atoms with van der Waals surface area (Å²) in [7, 11) is 0. The van der Waals surface area contributed by atoms with Crippen molar-refractivity contribution in [2.45, 2.75) is 0 Å². The summed E-state index contributed by atoms with van der Waals surface area (Å²) < 4.78 is 0. The highest BCUT2D eigenvalue weighted by molar-refractivity contribution is 6.01. The smallest absolute Gasteiger partial charge is 0.336 e. The fourth-order valence-electron chi connectivity index (χ4n) is 0.856. The van der Waals surface area contributed by atoms with Crippen LogP contribution in [0.4, 0.5) is 0 Å². The molecular formula is C10H10O4. The largest absolute Gasteiger partial charge is 0.478 e. The highest BCUT2D eigenvalue weighted by Crippen LogP contribution is 2.07. The van der Waals surface area contributed by atoms with Crippen LogP contribution in [-0.2, 0) is 0 Å². The Kier molecular flexibility index (Phi) is 4.70. The molecule has 0 aliphatic carbocycles. The standard InChI is InChI=1S/C8H6O4.C2H4/c9-7(10)5-3-1-2-4-6(5)8(11)12;1-2/h1-4H,(H,9,10)(H,11,12);1-2H2. The van der Waals surface area contributed by atoms with E-state index in [4.69, 9.17) is 10.2 Å². The molecule has 4 heteroatoms. The highest BCUT2D eigenvalue weighted by atomic mass is 16.4. The summed E-state index contributed by atoms with van der Waals surface area (Å²) in [5.41, 5.74) is -0.380. The van der Waals surface area contributed by atoms with Crippen LogP contribution in [0.25, 0.3) is 0 Å². The van der Waals surface area contributed by atoms with E-state index in [1.807, 2.05) is 0 Å². The van der Waals surface area contributed by atoms with Gasteiger partial charge in [0.15, 0.2) is 0 Å². The highest BCUT2D eigenvalue weighted by Gasteiger charge is 2.13. The second kappa shape index (κ2) is 5.53. The molecule has 0 aliphatic heterocycles. The maximum atomic E-state index is 10.5. The van der Waals surface area contributed by atoms with Crippen molar-refractivity contribution in [3.05, 3.63) is 48.6 Å². The predicted octanol–water partition coefficient (Wildman–Crippen LogP) is 1.89. The number of hydrogen-bond acceptors (Lipinski definition) is 2. The topological polar surface area (TPSA) is 74.6 Å². The maximum Gasteiger partial charge on any atom is 0.336 e. The number of carbonyl (C=O) groups is 2. The van der Waals surface area contributed by atoms with Crippen molar-refractivity contribution in [1.29, 1.82) is 0 Å². The van der Waals surface area contributed by atoms with E-state index in [-0.39, 0.29) is 11.1 Å². The SMILES string of the molecule is C=C.O=C(O)c1ccccc1C(=O)O. The molecule has 0 aliphatic rings. The van der Waals surface area contributed by atoms with Crippen molar-refractivity contribution in [2.24, 2.45) is 0 Å². The van der Waals surface area contributed by atoms with Gasteiger partial charge in [-0.15, -0.1) is 13.2 Å². The number of hydrogen-bond donors (Lipinski definition) is 2. The molecule has 0 aromatic heterocycles. The Bertz CT molecular complexity index is 311. The summed E-state index contributed by atoms with van der Waals surface area (Å²) in [6.45, 7) is 6.00. The number of carboxylic acids is 2. The number of aromatic carboxylic acids is 2. The van der Waals surface area contributed by atoms with Gasteiger partial charge >= 0.3 is 11.9 Å². The fourth-order valence-corrected chi connectivity index (χ4v) is 0.856.